The summed E-state index contributed by atoms with van der Waals surface area (Å²) in [6.07, 6.45) is 1.51. The maximum absolute atomic E-state index is 12.1. The van der Waals surface area contributed by atoms with Crippen LogP contribution in [0.1, 0.15) is 11.4 Å². The second-order valence-electron chi connectivity index (χ2n) is 4.74. The Labute approximate surface area is 141 Å². The normalized spacial score (nSPS) is 11.4. The summed E-state index contributed by atoms with van der Waals surface area (Å²) in [5, 5.41) is 10.7. The van der Waals surface area contributed by atoms with Gasteiger partial charge in [-0.3, -0.25) is 4.79 Å². The highest BCUT2D eigenvalue weighted by Crippen LogP contribution is 2.28. The predicted octanol–water partition coefficient (Wildman–Crippen LogP) is 4.29. The van der Waals surface area contributed by atoms with Crippen LogP contribution in [0.5, 0.6) is 0 Å². The van der Waals surface area contributed by atoms with E-state index < -0.39 is 0 Å². The van der Waals surface area contributed by atoms with Gasteiger partial charge in [0.15, 0.2) is 5.82 Å². The third-order valence-electron chi connectivity index (χ3n) is 3.28. The lowest BCUT2D eigenvalue weighted by molar-refractivity contribution is 1.13. The fourth-order valence-electron chi connectivity index (χ4n) is 2.16. The molecule has 1 heterocycles. The van der Waals surface area contributed by atoms with Crippen molar-refractivity contribution in [1.82, 2.24) is 9.97 Å². The van der Waals surface area contributed by atoms with Crippen LogP contribution in [0.3, 0.4) is 0 Å². The van der Waals surface area contributed by atoms with Gasteiger partial charge in [0.2, 0.25) is 0 Å². The summed E-state index contributed by atoms with van der Waals surface area (Å²) < 4.78 is 0. The van der Waals surface area contributed by atoms with Gasteiger partial charge in [0.25, 0.3) is 5.56 Å². The Hall–Kier alpha value is -2.61. The number of benzene rings is 2. The fourth-order valence-corrected chi connectivity index (χ4v) is 2.67. The smallest absolute Gasteiger partial charge is 0.259 e. The average Bonchev–Trinajstić information content (AvgIpc) is 2.55. The Bertz CT molecular complexity index is 1010. The second kappa shape index (κ2) is 6.25. The number of fused-ring (bicyclic) bond motifs is 1. The van der Waals surface area contributed by atoms with E-state index in [-0.39, 0.29) is 17.0 Å². The van der Waals surface area contributed by atoms with Crippen molar-refractivity contribution in [3.8, 4) is 6.07 Å². The van der Waals surface area contributed by atoms with Crippen LogP contribution in [0, 0.1) is 11.3 Å². The largest absolute Gasteiger partial charge is 0.305 e. The number of para-hydroxylation sites is 1. The highest BCUT2D eigenvalue weighted by atomic mass is 35.5. The molecule has 0 aliphatic rings. The summed E-state index contributed by atoms with van der Waals surface area (Å²) in [6.45, 7) is 0. The van der Waals surface area contributed by atoms with Crippen molar-refractivity contribution in [3.63, 3.8) is 0 Å². The quantitative estimate of drug-likeness (QED) is 0.706. The molecule has 1 aromatic heterocycles. The van der Waals surface area contributed by atoms with Crippen molar-refractivity contribution >= 4 is 45.8 Å². The first-order chi connectivity index (χ1) is 11.1. The molecule has 0 spiro atoms. The van der Waals surface area contributed by atoms with Gasteiger partial charge in [-0.05, 0) is 30.3 Å². The molecule has 6 heteroatoms. The van der Waals surface area contributed by atoms with Crippen LogP contribution in [-0.2, 0) is 0 Å². The van der Waals surface area contributed by atoms with E-state index in [9.17, 15) is 10.1 Å². The van der Waals surface area contributed by atoms with Crippen LogP contribution in [0.15, 0.2) is 47.3 Å². The van der Waals surface area contributed by atoms with E-state index in [1.807, 2.05) is 6.07 Å². The third-order valence-corrected chi connectivity index (χ3v) is 3.94. The van der Waals surface area contributed by atoms with Crippen molar-refractivity contribution in [2.24, 2.45) is 0 Å². The molecule has 1 N–H and O–H groups in total. The molecule has 112 valence electrons. The Morgan fingerprint density at radius 3 is 2.52 bits per heavy atom. The summed E-state index contributed by atoms with van der Waals surface area (Å²) >= 11 is 12.2. The Kier molecular flexibility index (Phi) is 4.16. The van der Waals surface area contributed by atoms with Gasteiger partial charge >= 0.3 is 0 Å². The number of halogens is 2. The number of H-pyrrole nitrogens is 1. The maximum Gasteiger partial charge on any atom is 0.259 e. The molecule has 0 aliphatic carbocycles. The summed E-state index contributed by atoms with van der Waals surface area (Å²) in [7, 11) is 0. The molecule has 0 unspecified atom stereocenters. The minimum atomic E-state index is -0.308. The Balaban J connectivity index is 2.21. The zero-order valence-electron chi connectivity index (χ0n) is 11.7. The molecule has 2 aromatic carbocycles. The lowest BCUT2D eigenvalue weighted by atomic mass is 10.1. The van der Waals surface area contributed by atoms with Crippen molar-refractivity contribution in [3.05, 3.63) is 74.3 Å². The number of hydrogen-bond acceptors (Lipinski definition) is 3. The van der Waals surface area contributed by atoms with E-state index in [1.165, 1.54) is 6.08 Å². The minimum Gasteiger partial charge on any atom is -0.305 e. The molecule has 0 aliphatic heterocycles. The topological polar surface area (TPSA) is 69.5 Å². The third kappa shape index (κ3) is 2.98. The number of allylic oxidation sites excluding steroid dienone is 1. The number of hydrogen-bond donors (Lipinski definition) is 1. The zero-order valence-corrected chi connectivity index (χ0v) is 13.2. The van der Waals surface area contributed by atoms with E-state index in [4.69, 9.17) is 23.2 Å². The molecule has 3 rings (SSSR count). The Morgan fingerprint density at radius 2 is 1.83 bits per heavy atom. The number of nitrogens with one attached hydrogen (secondary N) is 1. The maximum atomic E-state index is 12.1. The van der Waals surface area contributed by atoms with Crippen molar-refractivity contribution in [2.75, 3.05) is 0 Å². The molecule has 4 nitrogen and oxygen atoms in total. The van der Waals surface area contributed by atoms with Gasteiger partial charge in [0, 0.05) is 15.6 Å². The van der Waals surface area contributed by atoms with Crippen molar-refractivity contribution in [2.45, 2.75) is 0 Å². The van der Waals surface area contributed by atoms with E-state index in [0.29, 0.717) is 26.5 Å². The SMILES string of the molecule is N#CC(=Cc1c(Cl)cccc1Cl)c1nc2ccccc2c(=O)[nH]1. The standard InChI is InChI=1S/C17H9Cl2N3O/c18-13-5-3-6-14(19)12(13)8-10(9-20)16-21-15-7-2-1-4-11(15)17(23)22-16/h1-8H,(H,21,22,23). The van der Waals surface area contributed by atoms with Crippen LogP contribution in [0.2, 0.25) is 10.0 Å². The van der Waals surface area contributed by atoms with E-state index in [2.05, 4.69) is 9.97 Å². The van der Waals surface area contributed by atoms with E-state index >= 15 is 0 Å². The van der Waals surface area contributed by atoms with Crippen molar-refractivity contribution < 1.29 is 0 Å². The summed E-state index contributed by atoms with van der Waals surface area (Å²) in [6, 6.07) is 14.0. The van der Waals surface area contributed by atoms with Crippen LogP contribution in [0.4, 0.5) is 0 Å². The molecular weight excluding hydrogens is 333 g/mol. The summed E-state index contributed by atoms with van der Waals surface area (Å²) in [4.78, 5) is 19.1. The number of rotatable bonds is 2. The highest BCUT2D eigenvalue weighted by molar-refractivity contribution is 6.37. The van der Waals surface area contributed by atoms with E-state index in [0.717, 1.165) is 0 Å². The highest BCUT2D eigenvalue weighted by Gasteiger charge is 2.10. The second-order valence-corrected chi connectivity index (χ2v) is 5.55. The van der Waals surface area contributed by atoms with Crippen LogP contribution >= 0.6 is 23.2 Å². The molecule has 0 saturated heterocycles. The van der Waals surface area contributed by atoms with Gasteiger partial charge in [-0.15, -0.1) is 0 Å². The van der Waals surface area contributed by atoms with Gasteiger partial charge in [-0.2, -0.15) is 5.26 Å². The van der Waals surface area contributed by atoms with Gasteiger partial charge in [-0.25, -0.2) is 4.98 Å². The first kappa shape index (κ1) is 15.3. The lowest BCUT2D eigenvalue weighted by Crippen LogP contribution is -2.11. The van der Waals surface area contributed by atoms with E-state index in [1.54, 1.807) is 42.5 Å². The lowest BCUT2D eigenvalue weighted by Gasteiger charge is -2.04. The molecule has 0 fully saturated rings. The van der Waals surface area contributed by atoms with Gasteiger partial charge in [0.05, 0.1) is 16.5 Å². The average molecular weight is 342 g/mol. The van der Waals surface area contributed by atoms with Crippen LogP contribution in [-0.4, -0.2) is 9.97 Å². The monoisotopic (exact) mass is 341 g/mol. The first-order valence-electron chi connectivity index (χ1n) is 6.65. The van der Waals surface area contributed by atoms with Gasteiger partial charge in [-0.1, -0.05) is 41.4 Å². The summed E-state index contributed by atoms with van der Waals surface area (Å²) in [5.41, 5.74) is 0.876. The number of nitrogens with zero attached hydrogens (tertiary/aromatic N) is 2. The van der Waals surface area contributed by atoms with Crippen LogP contribution < -0.4 is 5.56 Å². The number of aromatic nitrogens is 2. The molecule has 0 radical (unpaired) electrons. The summed E-state index contributed by atoms with van der Waals surface area (Å²) in [5.74, 6) is 0.173. The Morgan fingerprint density at radius 1 is 1.13 bits per heavy atom. The zero-order chi connectivity index (χ0) is 16.4. The fraction of sp³-hybridized carbons (Fsp3) is 0. The number of aromatic amines is 1. The molecular formula is C17H9Cl2N3O. The first-order valence-corrected chi connectivity index (χ1v) is 7.41. The molecule has 0 saturated carbocycles. The van der Waals surface area contributed by atoms with Crippen molar-refractivity contribution in [1.29, 1.82) is 5.26 Å². The molecule has 0 amide bonds. The molecule has 3 aromatic rings. The van der Waals surface area contributed by atoms with Crippen LogP contribution in [0.25, 0.3) is 22.6 Å². The van der Waals surface area contributed by atoms with Gasteiger partial charge < -0.3 is 4.98 Å². The molecule has 0 atom stereocenters. The molecule has 0 bridgehead atoms. The number of nitriles is 1. The predicted molar refractivity (Wildman–Crippen MR) is 92.3 cm³/mol. The minimum absolute atomic E-state index is 0.169. The molecule has 23 heavy (non-hydrogen) atoms. The van der Waals surface area contributed by atoms with Gasteiger partial charge in [0.1, 0.15) is 6.07 Å².